The molecule has 0 aromatic rings. The zero-order valence-corrected chi connectivity index (χ0v) is 9.68. The van der Waals surface area contributed by atoms with Gasteiger partial charge in [-0.25, -0.2) is 0 Å². The van der Waals surface area contributed by atoms with Crippen LogP contribution in [0.25, 0.3) is 0 Å². The van der Waals surface area contributed by atoms with Gasteiger partial charge in [0, 0.05) is 0 Å². The van der Waals surface area contributed by atoms with Crippen LogP contribution in [0.3, 0.4) is 0 Å². The van der Waals surface area contributed by atoms with Crippen molar-refractivity contribution in [3.63, 3.8) is 0 Å². The topological polar surface area (TPSA) is 0 Å². The maximum absolute atomic E-state index is 2.36. The summed E-state index contributed by atoms with van der Waals surface area (Å²) in [4.78, 5) is 0. The van der Waals surface area contributed by atoms with Crippen LogP contribution in [-0.2, 0) is 0 Å². The third-order valence-corrected chi connectivity index (χ3v) is 2.58. The highest BCUT2D eigenvalue weighted by molar-refractivity contribution is 4.75. The van der Waals surface area contributed by atoms with Crippen LogP contribution in [-0.4, -0.2) is 0 Å². The second kappa shape index (κ2) is 9.83. The summed E-state index contributed by atoms with van der Waals surface area (Å²) in [6.07, 6.45) is 14.2. The molecule has 0 unspecified atom stereocenters. The summed E-state index contributed by atoms with van der Waals surface area (Å²) in [6.45, 7) is 6.59. The first-order valence-corrected chi connectivity index (χ1v) is 5.92. The van der Waals surface area contributed by atoms with Crippen molar-refractivity contribution in [3.05, 3.63) is 12.2 Å². The Morgan fingerprint density at radius 3 is 2.00 bits per heavy atom. The van der Waals surface area contributed by atoms with Gasteiger partial charge in [0.05, 0.1) is 0 Å². The molecule has 1 aliphatic rings. The molecule has 0 aromatic heterocycles. The fourth-order valence-electron chi connectivity index (χ4n) is 1.64. The van der Waals surface area contributed by atoms with Gasteiger partial charge in [0.25, 0.3) is 0 Å². The highest BCUT2D eigenvalue weighted by Gasteiger charge is 2.05. The van der Waals surface area contributed by atoms with Crippen LogP contribution < -0.4 is 0 Å². The van der Waals surface area contributed by atoms with Gasteiger partial charge in [-0.1, -0.05) is 64.5 Å². The molecule has 0 N–H and O–H groups in total. The van der Waals surface area contributed by atoms with Crippen molar-refractivity contribution in [2.24, 2.45) is 5.92 Å². The van der Waals surface area contributed by atoms with Crippen molar-refractivity contribution in [3.8, 4) is 0 Å². The highest BCUT2D eigenvalue weighted by atomic mass is 14.1. The van der Waals surface area contributed by atoms with Gasteiger partial charge in [0.1, 0.15) is 0 Å². The average molecular weight is 182 g/mol. The number of hydrogen-bond donors (Lipinski definition) is 0. The monoisotopic (exact) mass is 182 g/mol. The molecule has 0 aromatic carbocycles. The lowest BCUT2D eigenvalue weighted by Gasteiger charge is -2.15. The molecule has 1 aliphatic carbocycles. The zero-order valence-electron chi connectivity index (χ0n) is 9.68. The first-order valence-electron chi connectivity index (χ1n) is 5.92. The van der Waals surface area contributed by atoms with E-state index in [1.54, 1.807) is 0 Å². The molecule has 0 nitrogen and oxygen atoms in total. The minimum Gasteiger partial charge on any atom is -0.0917 e. The van der Waals surface area contributed by atoms with Crippen LogP contribution in [0.15, 0.2) is 12.2 Å². The van der Waals surface area contributed by atoms with Crippen LogP contribution in [0.4, 0.5) is 0 Å². The molecular formula is C13H26. The number of hydrogen-bond acceptors (Lipinski definition) is 0. The van der Waals surface area contributed by atoms with E-state index in [4.69, 9.17) is 0 Å². The Morgan fingerprint density at radius 1 is 1.15 bits per heavy atom. The quantitative estimate of drug-likeness (QED) is 0.530. The predicted molar refractivity (Wildman–Crippen MR) is 62.0 cm³/mol. The van der Waals surface area contributed by atoms with Crippen molar-refractivity contribution in [2.45, 2.75) is 65.7 Å². The predicted octanol–water partition coefficient (Wildman–Crippen LogP) is 4.95. The number of rotatable bonds is 2. The Bertz CT molecular complexity index is 107. The van der Waals surface area contributed by atoms with E-state index in [0.717, 1.165) is 5.92 Å². The van der Waals surface area contributed by atoms with Crippen LogP contribution in [0.2, 0.25) is 0 Å². The molecule has 0 radical (unpaired) electrons. The molecule has 0 atom stereocenters. The van der Waals surface area contributed by atoms with Crippen molar-refractivity contribution >= 4 is 0 Å². The van der Waals surface area contributed by atoms with Crippen LogP contribution in [0.5, 0.6) is 0 Å². The maximum Gasteiger partial charge on any atom is -0.0353 e. The molecule has 0 amide bonds. The van der Waals surface area contributed by atoms with E-state index in [0.29, 0.717) is 0 Å². The summed E-state index contributed by atoms with van der Waals surface area (Å²) in [7, 11) is 0. The van der Waals surface area contributed by atoms with E-state index in [-0.39, 0.29) is 0 Å². The third-order valence-electron chi connectivity index (χ3n) is 2.58. The third kappa shape index (κ3) is 9.66. The van der Waals surface area contributed by atoms with Gasteiger partial charge in [-0.3, -0.25) is 0 Å². The standard InChI is InChI=1S/C7H14.C6H12/c1-7-5-3-2-4-6-7;1-3-5-6-4-2/h7H,2-6H2,1H3;3,5H,4,6H2,1-2H3/b;5-3-. The first-order chi connectivity index (χ1) is 6.31. The minimum absolute atomic E-state index is 1.04. The SMILES string of the molecule is C/C=C\CCC.CC1CCCCC1. The Hall–Kier alpha value is -0.260. The molecule has 0 heteroatoms. The fourth-order valence-corrected chi connectivity index (χ4v) is 1.64. The lowest BCUT2D eigenvalue weighted by Crippen LogP contribution is -1.99. The van der Waals surface area contributed by atoms with Gasteiger partial charge in [0.2, 0.25) is 0 Å². The molecule has 0 bridgehead atoms. The van der Waals surface area contributed by atoms with E-state index in [1.807, 2.05) is 0 Å². The van der Waals surface area contributed by atoms with Crippen molar-refractivity contribution in [1.29, 1.82) is 0 Å². The van der Waals surface area contributed by atoms with E-state index < -0.39 is 0 Å². The normalized spacial score (nSPS) is 18.4. The van der Waals surface area contributed by atoms with E-state index >= 15 is 0 Å². The first kappa shape index (κ1) is 12.7. The summed E-state index contributed by atoms with van der Waals surface area (Å²) in [5, 5.41) is 0. The van der Waals surface area contributed by atoms with Gasteiger partial charge in [-0.15, -0.1) is 0 Å². The second-order valence-corrected chi connectivity index (χ2v) is 4.10. The van der Waals surface area contributed by atoms with Gasteiger partial charge in [-0.2, -0.15) is 0 Å². The Balaban J connectivity index is 0.000000226. The molecule has 1 rings (SSSR count). The largest absolute Gasteiger partial charge is 0.0917 e. The highest BCUT2D eigenvalue weighted by Crippen LogP contribution is 2.22. The Labute approximate surface area is 84.4 Å². The van der Waals surface area contributed by atoms with Gasteiger partial charge < -0.3 is 0 Å². The smallest absolute Gasteiger partial charge is 0.0353 e. The summed E-state index contributed by atoms with van der Waals surface area (Å²) >= 11 is 0. The van der Waals surface area contributed by atoms with E-state index in [1.165, 1.54) is 44.9 Å². The number of allylic oxidation sites excluding steroid dienone is 2. The molecule has 78 valence electrons. The van der Waals surface area contributed by atoms with E-state index in [2.05, 4.69) is 32.9 Å². The van der Waals surface area contributed by atoms with Crippen molar-refractivity contribution in [2.75, 3.05) is 0 Å². The molecule has 1 fully saturated rings. The molecule has 0 saturated heterocycles. The van der Waals surface area contributed by atoms with Gasteiger partial charge >= 0.3 is 0 Å². The fraction of sp³-hybridized carbons (Fsp3) is 0.846. The van der Waals surface area contributed by atoms with Crippen molar-refractivity contribution < 1.29 is 0 Å². The van der Waals surface area contributed by atoms with Crippen molar-refractivity contribution in [1.82, 2.24) is 0 Å². The van der Waals surface area contributed by atoms with Crippen LogP contribution in [0.1, 0.15) is 65.7 Å². The Kier molecular flexibility index (Phi) is 9.63. The van der Waals surface area contributed by atoms with Crippen LogP contribution >= 0.6 is 0 Å². The average Bonchev–Trinajstić information content (AvgIpc) is 2.17. The number of unbranched alkanes of at least 4 members (excludes halogenated alkanes) is 1. The van der Waals surface area contributed by atoms with Crippen LogP contribution in [0, 0.1) is 5.92 Å². The van der Waals surface area contributed by atoms with Gasteiger partial charge in [0.15, 0.2) is 0 Å². The second-order valence-electron chi connectivity index (χ2n) is 4.10. The lowest BCUT2D eigenvalue weighted by molar-refractivity contribution is 0.385. The van der Waals surface area contributed by atoms with E-state index in [9.17, 15) is 0 Å². The molecular weight excluding hydrogens is 156 g/mol. The molecule has 0 heterocycles. The minimum atomic E-state index is 1.04. The molecule has 1 saturated carbocycles. The van der Waals surface area contributed by atoms with Gasteiger partial charge in [-0.05, 0) is 19.3 Å². The maximum atomic E-state index is 2.36. The zero-order chi connectivity index (χ0) is 9.94. The molecule has 0 spiro atoms. The lowest BCUT2D eigenvalue weighted by atomic mass is 9.91. The summed E-state index contributed by atoms with van der Waals surface area (Å²) < 4.78 is 0. The summed E-state index contributed by atoms with van der Waals surface area (Å²) in [5.74, 6) is 1.04. The summed E-state index contributed by atoms with van der Waals surface area (Å²) in [5.41, 5.74) is 0. The molecule has 13 heavy (non-hydrogen) atoms. The molecule has 0 aliphatic heterocycles. The summed E-state index contributed by atoms with van der Waals surface area (Å²) in [6, 6.07) is 0. The Morgan fingerprint density at radius 2 is 1.77 bits per heavy atom.